The van der Waals surface area contributed by atoms with Gasteiger partial charge >= 0.3 is 0 Å². The third-order valence-corrected chi connectivity index (χ3v) is 23.8. The van der Waals surface area contributed by atoms with Crippen LogP contribution in [0, 0.1) is 71.0 Å². The minimum absolute atomic E-state index is 0.0346. The van der Waals surface area contributed by atoms with E-state index in [0.717, 1.165) is 278 Å². The summed E-state index contributed by atoms with van der Waals surface area (Å²) in [5.74, 6) is 48.8. The highest BCUT2D eigenvalue weighted by Gasteiger charge is 2.20. The molecule has 0 bridgehead atoms. The molecule has 0 N–H and O–H groups in total. The molecule has 0 atom stereocenters. The van der Waals surface area contributed by atoms with E-state index in [0.29, 0.717) is 179 Å². The summed E-state index contributed by atoms with van der Waals surface area (Å²) >= 11 is 2.41. The van der Waals surface area contributed by atoms with Crippen molar-refractivity contribution in [2.75, 3.05) is 66.1 Å². The first-order valence-corrected chi connectivity index (χ1v) is 52.3. The van der Waals surface area contributed by atoms with E-state index in [1.165, 1.54) is 23.5 Å². The lowest BCUT2D eigenvalue weighted by Crippen LogP contribution is -2.05. The zero-order chi connectivity index (χ0) is 94.1. The number of ether oxygens (including phenoxy) is 10. The number of benzene rings is 7. The predicted molar refractivity (Wildman–Crippen MR) is 550 cm³/mol. The summed E-state index contributed by atoms with van der Waals surface area (Å²) in [5, 5.41) is 0.0692. The van der Waals surface area contributed by atoms with Gasteiger partial charge in [-0.3, -0.25) is 9.59 Å². The summed E-state index contributed by atoms with van der Waals surface area (Å²) in [6.07, 6.45) is 41.3. The molecule has 0 aliphatic heterocycles. The Balaban J connectivity index is 1.45. The van der Waals surface area contributed by atoms with Crippen LogP contribution in [-0.4, -0.2) is 76.3 Å². The fourth-order valence-electron chi connectivity index (χ4n) is 14.4. The molecule has 0 aliphatic rings. The Bertz CT molecular complexity index is 4640. The van der Waals surface area contributed by atoms with E-state index in [1.807, 2.05) is 109 Å². The van der Waals surface area contributed by atoms with Crippen LogP contribution < -0.4 is 47.4 Å². The first kappa shape index (κ1) is 109. The molecular weight excluding hydrogens is 1670 g/mol. The topological polar surface area (TPSA) is 126 Å². The van der Waals surface area contributed by atoms with Gasteiger partial charge in [0.25, 0.3) is 0 Å². The lowest BCUT2D eigenvalue weighted by molar-refractivity contribution is -0.109. The van der Waals surface area contributed by atoms with E-state index in [4.69, 9.17) is 47.4 Å². The zero-order valence-electron chi connectivity index (χ0n) is 82.5. The summed E-state index contributed by atoms with van der Waals surface area (Å²) in [6.45, 7) is 30.4. The van der Waals surface area contributed by atoms with Gasteiger partial charge in [-0.2, -0.15) is 0 Å². The Morgan fingerprint density at radius 3 is 0.439 bits per heavy atom. The molecule has 0 aliphatic carbocycles. The highest BCUT2D eigenvalue weighted by molar-refractivity contribution is 8.13. The Labute approximate surface area is 805 Å². The Kier molecular flexibility index (Phi) is 56.1. The van der Waals surface area contributed by atoms with Gasteiger partial charge in [-0.1, -0.05) is 356 Å². The molecule has 0 saturated heterocycles. The van der Waals surface area contributed by atoms with Crippen molar-refractivity contribution in [1.82, 2.24) is 0 Å². The molecule has 7 aromatic rings. The van der Waals surface area contributed by atoms with Crippen molar-refractivity contribution in [3.05, 3.63) is 176 Å². The highest BCUT2D eigenvalue weighted by Crippen LogP contribution is 2.38. The van der Waals surface area contributed by atoms with Crippen LogP contribution in [0.15, 0.2) is 119 Å². The average Bonchev–Trinajstić information content (AvgIpc) is 0.809. The number of carbonyl (C=O) groups excluding carboxylic acids is 2. The molecule has 132 heavy (non-hydrogen) atoms. The van der Waals surface area contributed by atoms with Crippen LogP contribution in [-0.2, 0) is 9.59 Å². The van der Waals surface area contributed by atoms with Gasteiger partial charge in [0, 0.05) is 95.4 Å². The van der Waals surface area contributed by atoms with Gasteiger partial charge in [-0.15, -0.1) is 0 Å². The third-order valence-electron chi connectivity index (χ3n) is 22.2. The van der Waals surface area contributed by atoms with E-state index in [1.54, 1.807) is 13.8 Å². The molecule has 7 rings (SSSR count). The van der Waals surface area contributed by atoms with Gasteiger partial charge in [-0.05, 0) is 113 Å². The molecule has 0 fully saturated rings. The maximum absolute atomic E-state index is 12.0. The van der Waals surface area contributed by atoms with Crippen molar-refractivity contribution in [2.24, 2.45) is 0 Å². The molecule has 12 nitrogen and oxygen atoms in total. The second-order valence-corrected chi connectivity index (χ2v) is 36.6. The summed E-state index contributed by atoms with van der Waals surface area (Å²) < 4.78 is 68.4. The number of carbonyl (C=O) groups is 2. The van der Waals surface area contributed by atoms with Gasteiger partial charge in [0.2, 0.25) is 0 Å². The molecule has 710 valence electrons. The molecule has 7 aromatic carbocycles. The standard InChI is InChI=1S/C118H154O12S2/c1-13-23-33-43-73-121-109-85-99(111(123-75-45-35-25-15-3)83-97(109)59-53-95-55-69-107(70-56-95)131-93(11)119)61-63-101-87-115(127-79-49-39-29-19-7)103(89-113(101)125-77-47-37-27-17-5)65-67-105-91-118(130-82-52-42-32-22-10)106(92-117(105)129-81-51-41-31-21-9)68-66-104-90-114(126-78-48-38-28-18-6)102(88-116(104)128-80-50-40-30-20-8)64-62-100-86-110(122-74-44-34-24-14-2)98(84-112(100)124-76-46-36-26-16-4)60-54-96-57-71-108(72-58-96)132-94(12)120/h55-58,69-72,83-92H,13-52,73-82H2,1-12H3. The predicted octanol–water partition coefficient (Wildman–Crippen LogP) is 31.0. The zero-order valence-corrected chi connectivity index (χ0v) is 84.1. The van der Waals surface area contributed by atoms with Crippen LogP contribution in [0.5, 0.6) is 57.5 Å². The summed E-state index contributed by atoms with van der Waals surface area (Å²) in [6, 6.07) is 35.6. The highest BCUT2D eigenvalue weighted by atomic mass is 32.2. The lowest BCUT2D eigenvalue weighted by atomic mass is 10.0. The van der Waals surface area contributed by atoms with E-state index in [-0.39, 0.29) is 10.2 Å². The normalized spacial score (nSPS) is 10.6. The molecule has 0 heterocycles. The van der Waals surface area contributed by atoms with Crippen molar-refractivity contribution in [1.29, 1.82) is 0 Å². The molecule has 0 saturated carbocycles. The number of unbranched alkanes of at least 4 members (excludes halogenated alkanes) is 30. The fourth-order valence-corrected chi connectivity index (χ4v) is 15.7. The van der Waals surface area contributed by atoms with Crippen LogP contribution in [0.4, 0.5) is 0 Å². The minimum Gasteiger partial charge on any atom is -0.492 e. The molecule has 0 amide bonds. The number of rotatable bonds is 62. The van der Waals surface area contributed by atoms with Crippen LogP contribution in [0.2, 0.25) is 0 Å². The number of thioether (sulfide) groups is 2. The molecule has 14 heteroatoms. The first-order chi connectivity index (χ1) is 64.8. The van der Waals surface area contributed by atoms with Crippen molar-refractivity contribution < 1.29 is 57.0 Å². The largest absolute Gasteiger partial charge is 0.492 e. The Morgan fingerprint density at radius 2 is 0.318 bits per heavy atom. The van der Waals surface area contributed by atoms with Gasteiger partial charge < -0.3 is 47.4 Å². The van der Waals surface area contributed by atoms with Gasteiger partial charge in [0.1, 0.15) is 57.5 Å². The maximum atomic E-state index is 12.0. The first-order valence-electron chi connectivity index (χ1n) is 50.6. The Morgan fingerprint density at radius 1 is 0.189 bits per heavy atom. The van der Waals surface area contributed by atoms with Crippen LogP contribution in [0.3, 0.4) is 0 Å². The van der Waals surface area contributed by atoms with Crippen LogP contribution in [0.1, 0.15) is 407 Å². The second kappa shape index (κ2) is 68.0. The van der Waals surface area contributed by atoms with Crippen molar-refractivity contribution >= 4 is 33.8 Å². The molecule has 0 unspecified atom stereocenters. The third kappa shape index (κ3) is 43.3. The summed E-state index contributed by atoms with van der Waals surface area (Å²) in [5.41, 5.74) is 8.37. The second-order valence-electron chi connectivity index (χ2n) is 34.0. The number of hydrogen-bond donors (Lipinski definition) is 0. The van der Waals surface area contributed by atoms with E-state index >= 15 is 0 Å². The van der Waals surface area contributed by atoms with E-state index < -0.39 is 0 Å². The minimum atomic E-state index is 0.0346. The van der Waals surface area contributed by atoms with Crippen molar-refractivity contribution in [3.8, 4) is 129 Å². The smallest absolute Gasteiger partial charge is 0.190 e. The summed E-state index contributed by atoms with van der Waals surface area (Å²) in [4.78, 5) is 25.7. The van der Waals surface area contributed by atoms with Crippen LogP contribution in [0.25, 0.3) is 0 Å². The van der Waals surface area contributed by atoms with Gasteiger partial charge in [0.05, 0.1) is 122 Å². The van der Waals surface area contributed by atoms with Gasteiger partial charge in [-0.25, -0.2) is 0 Å². The SMILES string of the molecule is CCCCCCOc1cc(C#Cc2cc(OCCCCCC)c(C#Cc3cc(OCCCCCC)c(C#Cc4cc(OCCCCCC)c(C#Cc5cc(OCCCCCC)c(C#Cc6ccc(SC(C)=O)cc6)cc5OCCCCCC)cc4OCCCCCC)cc3OCCCCCC)cc2OCCCCCC)c(OCCCCCC)cc1C#Cc1ccc(SC(C)=O)cc1. The molecule has 0 aromatic heterocycles. The summed E-state index contributed by atoms with van der Waals surface area (Å²) in [7, 11) is 0. The van der Waals surface area contributed by atoms with Crippen molar-refractivity contribution in [2.45, 2.75) is 350 Å². The fraction of sp³-hybridized carbons (Fsp3) is 0.525. The van der Waals surface area contributed by atoms with E-state index in [9.17, 15) is 9.59 Å². The van der Waals surface area contributed by atoms with Gasteiger partial charge in [0.15, 0.2) is 10.2 Å². The average molecular weight is 1830 g/mol. The number of hydrogen-bond acceptors (Lipinski definition) is 14. The quantitative estimate of drug-likeness (QED) is 0.0204. The maximum Gasteiger partial charge on any atom is 0.190 e. The Hall–Kier alpha value is -10.1. The molecule has 0 radical (unpaired) electrons. The van der Waals surface area contributed by atoms with E-state index in [2.05, 4.69) is 140 Å². The van der Waals surface area contributed by atoms with Crippen LogP contribution >= 0.6 is 23.5 Å². The lowest BCUT2D eigenvalue weighted by Gasteiger charge is -2.15. The monoisotopic (exact) mass is 1830 g/mol. The molecule has 0 spiro atoms. The molecular formula is C118H154O12S2. The van der Waals surface area contributed by atoms with Crippen molar-refractivity contribution in [3.63, 3.8) is 0 Å².